The number of halogens is 1. The lowest BCUT2D eigenvalue weighted by atomic mass is 10.2. The highest BCUT2D eigenvalue weighted by Gasteiger charge is 2.17. The van der Waals surface area contributed by atoms with E-state index in [0.717, 1.165) is 16.0 Å². The van der Waals surface area contributed by atoms with Gasteiger partial charge < -0.3 is 15.4 Å². The number of carbonyl (C=O) groups excluding carboxylic acids is 1. The van der Waals surface area contributed by atoms with E-state index in [1.165, 1.54) is 0 Å². The minimum absolute atomic E-state index is 0.0292. The van der Waals surface area contributed by atoms with Crippen LogP contribution >= 0.6 is 27.7 Å². The van der Waals surface area contributed by atoms with Crippen molar-refractivity contribution < 1.29 is 9.53 Å². The van der Waals surface area contributed by atoms with E-state index in [2.05, 4.69) is 15.9 Å². The normalized spacial score (nSPS) is 12.0. The quantitative estimate of drug-likeness (QED) is 0.772. The number of nitrogens with zero attached hydrogens (tertiary/aromatic N) is 1. The number of hydrogen-bond acceptors (Lipinski definition) is 4. The summed E-state index contributed by atoms with van der Waals surface area (Å²) in [5, 5.41) is 0. The Morgan fingerprint density at radius 2 is 2.10 bits per heavy atom. The smallest absolute Gasteiger partial charge is 0.239 e. The molecule has 112 valence electrons. The number of carbonyl (C=O) groups is 1. The number of benzene rings is 1. The number of likely N-dealkylation sites (N-methyl/N-ethyl adjacent to an activating group) is 1. The maximum Gasteiger partial charge on any atom is 0.239 e. The van der Waals surface area contributed by atoms with Gasteiger partial charge in [-0.3, -0.25) is 4.79 Å². The summed E-state index contributed by atoms with van der Waals surface area (Å²) < 4.78 is 6.59. The van der Waals surface area contributed by atoms with E-state index in [4.69, 9.17) is 10.5 Å². The summed E-state index contributed by atoms with van der Waals surface area (Å²) in [6.07, 6.45) is 2.71. The summed E-state index contributed by atoms with van der Waals surface area (Å²) in [4.78, 5) is 13.6. The van der Waals surface area contributed by atoms with Gasteiger partial charge in [-0.15, -0.1) is 0 Å². The molecule has 1 rings (SSSR count). The Hall–Kier alpha value is -0.720. The number of thioether (sulfide) groups is 1. The van der Waals surface area contributed by atoms with Gasteiger partial charge in [-0.1, -0.05) is 15.9 Å². The minimum Gasteiger partial charge on any atom is -0.492 e. The SMILES string of the molecule is CSCC[C@H](N)C(=O)N(C)CCOc1ccc(Br)cc1. The first-order chi connectivity index (χ1) is 9.54. The zero-order valence-corrected chi connectivity index (χ0v) is 14.2. The van der Waals surface area contributed by atoms with Gasteiger partial charge in [0, 0.05) is 11.5 Å². The lowest BCUT2D eigenvalue weighted by molar-refractivity contribution is -0.131. The third kappa shape index (κ3) is 6.15. The highest BCUT2D eigenvalue weighted by Crippen LogP contribution is 2.15. The molecule has 1 aromatic rings. The van der Waals surface area contributed by atoms with Gasteiger partial charge in [-0.05, 0) is 42.7 Å². The monoisotopic (exact) mass is 360 g/mol. The molecule has 0 aromatic heterocycles. The highest BCUT2D eigenvalue weighted by atomic mass is 79.9. The molecule has 4 nitrogen and oxygen atoms in total. The second-order valence-corrected chi connectivity index (χ2v) is 6.35. The minimum atomic E-state index is -0.417. The van der Waals surface area contributed by atoms with Gasteiger partial charge in [0.15, 0.2) is 0 Å². The van der Waals surface area contributed by atoms with Crippen LogP contribution in [-0.4, -0.2) is 49.1 Å². The van der Waals surface area contributed by atoms with Crippen LogP contribution in [0.5, 0.6) is 5.75 Å². The van der Waals surface area contributed by atoms with Gasteiger partial charge in [-0.25, -0.2) is 0 Å². The molecule has 2 N–H and O–H groups in total. The first-order valence-electron chi connectivity index (χ1n) is 6.42. The Balaban J connectivity index is 2.30. The molecule has 1 amide bonds. The standard InChI is InChI=1S/C14H21BrN2O2S/c1-17(14(18)13(16)7-10-20-2)8-9-19-12-5-3-11(15)4-6-12/h3-6,13H,7-10,16H2,1-2H3/t13-/m0/s1. The molecule has 0 saturated heterocycles. The maximum absolute atomic E-state index is 12.0. The van der Waals surface area contributed by atoms with Crippen molar-refractivity contribution in [1.82, 2.24) is 4.90 Å². The molecular weight excluding hydrogens is 340 g/mol. The van der Waals surface area contributed by atoms with Crippen LogP contribution in [0.3, 0.4) is 0 Å². The molecule has 0 unspecified atom stereocenters. The number of amides is 1. The molecule has 0 aliphatic carbocycles. The zero-order chi connectivity index (χ0) is 15.0. The number of rotatable bonds is 8. The summed E-state index contributed by atoms with van der Waals surface area (Å²) in [5.41, 5.74) is 5.85. The van der Waals surface area contributed by atoms with Crippen molar-refractivity contribution >= 4 is 33.6 Å². The number of hydrogen-bond donors (Lipinski definition) is 1. The van der Waals surface area contributed by atoms with Gasteiger partial charge in [-0.2, -0.15) is 11.8 Å². The fourth-order valence-electron chi connectivity index (χ4n) is 1.59. The number of ether oxygens (including phenoxy) is 1. The molecule has 0 bridgehead atoms. The van der Waals surface area contributed by atoms with Gasteiger partial charge in [0.05, 0.1) is 12.6 Å². The van der Waals surface area contributed by atoms with E-state index in [1.807, 2.05) is 30.5 Å². The van der Waals surface area contributed by atoms with Gasteiger partial charge >= 0.3 is 0 Å². The van der Waals surface area contributed by atoms with Crippen LogP contribution in [0.4, 0.5) is 0 Å². The molecule has 6 heteroatoms. The van der Waals surface area contributed by atoms with Crippen LogP contribution in [0.2, 0.25) is 0 Å². The van der Waals surface area contributed by atoms with Crippen molar-refractivity contribution in [1.29, 1.82) is 0 Å². The van der Waals surface area contributed by atoms with Gasteiger partial charge in [0.2, 0.25) is 5.91 Å². The van der Waals surface area contributed by atoms with Gasteiger partial charge in [0.25, 0.3) is 0 Å². The summed E-state index contributed by atoms with van der Waals surface area (Å²) in [5.74, 6) is 1.66. The molecule has 0 spiro atoms. The Bertz CT molecular complexity index is 414. The van der Waals surface area contributed by atoms with Gasteiger partial charge in [0.1, 0.15) is 12.4 Å². The Labute approximate surface area is 133 Å². The third-order valence-electron chi connectivity index (χ3n) is 2.84. The lowest BCUT2D eigenvalue weighted by Crippen LogP contribution is -2.43. The molecular formula is C14H21BrN2O2S. The average molecular weight is 361 g/mol. The highest BCUT2D eigenvalue weighted by molar-refractivity contribution is 9.10. The summed E-state index contributed by atoms with van der Waals surface area (Å²) >= 11 is 5.06. The summed E-state index contributed by atoms with van der Waals surface area (Å²) in [7, 11) is 1.76. The van der Waals surface area contributed by atoms with Crippen molar-refractivity contribution in [3.8, 4) is 5.75 Å². The molecule has 1 atom stereocenters. The van der Waals surface area contributed by atoms with Crippen LogP contribution in [0.15, 0.2) is 28.7 Å². The molecule has 20 heavy (non-hydrogen) atoms. The van der Waals surface area contributed by atoms with Crippen LogP contribution in [0, 0.1) is 0 Å². The van der Waals surface area contributed by atoms with Crippen molar-refractivity contribution in [3.63, 3.8) is 0 Å². The fraction of sp³-hybridized carbons (Fsp3) is 0.500. The summed E-state index contributed by atoms with van der Waals surface area (Å²) in [6, 6.07) is 7.19. The predicted molar refractivity (Wildman–Crippen MR) is 88.2 cm³/mol. The first-order valence-corrected chi connectivity index (χ1v) is 8.61. The lowest BCUT2D eigenvalue weighted by Gasteiger charge is -2.21. The van der Waals surface area contributed by atoms with Crippen LogP contribution in [0.1, 0.15) is 6.42 Å². The van der Waals surface area contributed by atoms with Crippen molar-refractivity contribution in [2.24, 2.45) is 5.73 Å². The molecule has 0 aliphatic rings. The van der Waals surface area contributed by atoms with E-state index in [9.17, 15) is 4.79 Å². The average Bonchev–Trinajstić information content (AvgIpc) is 2.45. The first kappa shape index (κ1) is 17.3. The third-order valence-corrected chi connectivity index (χ3v) is 4.01. The second kappa shape index (κ2) is 9.26. The zero-order valence-electron chi connectivity index (χ0n) is 11.8. The Morgan fingerprint density at radius 1 is 1.45 bits per heavy atom. The second-order valence-electron chi connectivity index (χ2n) is 4.45. The fourth-order valence-corrected chi connectivity index (χ4v) is 2.35. The molecule has 0 heterocycles. The Kier molecular flexibility index (Phi) is 8.02. The van der Waals surface area contributed by atoms with Crippen LogP contribution in [-0.2, 0) is 4.79 Å². The Morgan fingerprint density at radius 3 is 2.70 bits per heavy atom. The maximum atomic E-state index is 12.0. The van der Waals surface area contributed by atoms with E-state index in [0.29, 0.717) is 19.6 Å². The van der Waals surface area contributed by atoms with E-state index in [1.54, 1.807) is 23.7 Å². The topological polar surface area (TPSA) is 55.6 Å². The van der Waals surface area contributed by atoms with E-state index in [-0.39, 0.29) is 5.91 Å². The molecule has 0 aliphatic heterocycles. The number of nitrogens with two attached hydrogens (primary N) is 1. The van der Waals surface area contributed by atoms with Crippen LogP contribution in [0.25, 0.3) is 0 Å². The van der Waals surface area contributed by atoms with E-state index < -0.39 is 6.04 Å². The molecule has 0 saturated carbocycles. The molecule has 0 fully saturated rings. The van der Waals surface area contributed by atoms with Crippen molar-refractivity contribution in [2.45, 2.75) is 12.5 Å². The molecule has 0 radical (unpaired) electrons. The largest absolute Gasteiger partial charge is 0.492 e. The predicted octanol–water partition coefficient (Wildman–Crippen LogP) is 2.37. The van der Waals surface area contributed by atoms with Crippen molar-refractivity contribution in [3.05, 3.63) is 28.7 Å². The van der Waals surface area contributed by atoms with Crippen LogP contribution < -0.4 is 10.5 Å². The van der Waals surface area contributed by atoms with Crippen molar-refractivity contribution in [2.75, 3.05) is 32.2 Å². The molecule has 1 aromatic carbocycles. The summed E-state index contributed by atoms with van der Waals surface area (Å²) in [6.45, 7) is 0.987. The van der Waals surface area contributed by atoms with E-state index >= 15 is 0 Å².